The molecule has 0 saturated heterocycles. The maximum Gasteiger partial charge on any atom is 0.335 e. The molecule has 0 bridgehead atoms. The normalized spacial score (nSPS) is 16.3. The number of aryl methyl sites for hydroxylation is 4. The van der Waals surface area contributed by atoms with Crippen molar-refractivity contribution in [1.29, 1.82) is 0 Å². The maximum absolute atomic E-state index is 11.2. The van der Waals surface area contributed by atoms with E-state index in [1.54, 1.807) is 13.8 Å². The van der Waals surface area contributed by atoms with Gasteiger partial charge in [0.2, 0.25) is 11.8 Å². The highest BCUT2D eigenvalue weighted by molar-refractivity contribution is 6.17. The average Bonchev–Trinajstić information content (AvgIpc) is 3.71. The van der Waals surface area contributed by atoms with Crippen LogP contribution in [0.2, 0.25) is 0 Å². The largest absolute Gasteiger partial charge is 0.479 e. The van der Waals surface area contributed by atoms with Crippen LogP contribution in [0.3, 0.4) is 0 Å². The van der Waals surface area contributed by atoms with Crippen LogP contribution in [-0.4, -0.2) is 45.9 Å². The molecule has 1 fully saturated rings. The Hall–Kier alpha value is -3.50. The summed E-state index contributed by atoms with van der Waals surface area (Å²) in [7, 11) is 0. The number of rotatable bonds is 15. The van der Waals surface area contributed by atoms with Crippen LogP contribution >= 0.6 is 11.6 Å². The summed E-state index contributed by atoms with van der Waals surface area (Å²) in [4.78, 5) is 20.4. The van der Waals surface area contributed by atoms with Crippen molar-refractivity contribution in [2.75, 3.05) is 19.3 Å². The Morgan fingerprint density at radius 2 is 1.29 bits per heavy atom. The highest BCUT2D eigenvalue weighted by Gasteiger charge is 2.31. The van der Waals surface area contributed by atoms with E-state index in [1.165, 1.54) is 11.1 Å². The van der Waals surface area contributed by atoms with Gasteiger partial charge in [-0.3, -0.25) is 0 Å². The molecule has 4 aromatic rings. The third kappa shape index (κ3) is 11.3. The number of carboxylic acid groups (broad SMARTS) is 1. The summed E-state index contributed by atoms with van der Waals surface area (Å²) < 4.78 is 28.6. The number of hydrogen-bond acceptors (Lipinski definition) is 8. The molecule has 0 spiro atoms. The number of aliphatic carboxylic acids is 1. The lowest BCUT2D eigenvalue weighted by molar-refractivity contribution is -0.163. The zero-order valence-corrected chi connectivity index (χ0v) is 30.5. The molecule has 1 aliphatic carbocycles. The minimum atomic E-state index is -1.14. The Bertz CT molecular complexity index is 1590. The van der Waals surface area contributed by atoms with Crippen LogP contribution < -0.4 is 0 Å². The second kappa shape index (κ2) is 18.5. The van der Waals surface area contributed by atoms with Gasteiger partial charge in [0.1, 0.15) is 29.0 Å². The van der Waals surface area contributed by atoms with Crippen LogP contribution in [-0.2, 0) is 45.1 Å². The number of alkyl halides is 1. The van der Waals surface area contributed by atoms with E-state index in [0.717, 1.165) is 72.6 Å². The fourth-order valence-corrected chi connectivity index (χ4v) is 5.81. The minimum absolute atomic E-state index is 0.163. The molecule has 9 nitrogen and oxygen atoms in total. The Labute approximate surface area is 295 Å². The van der Waals surface area contributed by atoms with Crippen molar-refractivity contribution >= 4 is 17.6 Å². The third-order valence-corrected chi connectivity index (χ3v) is 8.94. The molecular formula is C39H51ClN2O7. The Balaban J connectivity index is 0.000000254. The van der Waals surface area contributed by atoms with Gasteiger partial charge in [0, 0.05) is 30.6 Å². The van der Waals surface area contributed by atoms with Gasteiger partial charge < -0.3 is 28.2 Å². The van der Waals surface area contributed by atoms with E-state index >= 15 is 0 Å². The van der Waals surface area contributed by atoms with E-state index in [2.05, 4.69) is 42.9 Å². The van der Waals surface area contributed by atoms with Crippen LogP contribution in [0.4, 0.5) is 0 Å². The van der Waals surface area contributed by atoms with E-state index in [0.29, 0.717) is 50.0 Å². The van der Waals surface area contributed by atoms with Gasteiger partial charge in [0.25, 0.3) is 0 Å². The molecule has 2 atom stereocenters. The molecule has 1 N–H and O–H groups in total. The number of ether oxygens (including phenoxy) is 3. The number of carboxylic acids is 1. The number of benzene rings is 2. The molecule has 10 heteroatoms. The summed E-state index contributed by atoms with van der Waals surface area (Å²) in [5.41, 5.74) is 4.94. The summed E-state index contributed by atoms with van der Waals surface area (Å²) >= 11 is 5.51. The number of hydrogen-bond donors (Lipinski definition) is 1. The van der Waals surface area contributed by atoms with Gasteiger partial charge in [-0.15, -0.1) is 0 Å². The lowest BCUT2D eigenvalue weighted by Gasteiger charge is -2.31. The molecule has 2 aromatic heterocycles. The number of oxazole rings is 2. The fourth-order valence-electron chi connectivity index (χ4n) is 5.73. The number of aromatic nitrogens is 2. The topological polar surface area (TPSA) is 117 Å². The van der Waals surface area contributed by atoms with Crippen LogP contribution in [0, 0.1) is 25.7 Å². The molecule has 1 aliphatic rings. The van der Waals surface area contributed by atoms with Crippen molar-refractivity contribution in [2.45, 2.75) is 98.9 Å². The summed E-state index contributed by atoms with van der Waals surface area (Å²) in [5, 5.41) is 9.22. The molecule has 0 amide bonds. The van der Waals surface area contributed by atoms with Gasteiger partial charge >= 0.3 is 5.97 Å². The molecule has 0 radical (unpaired) electrons. The number of halogens is 1. The van der Waals surface area contributed by atoms with E-state index < -0.39 is 11.6 Å². The Kier molecular flexibility index (Phi) is 14.4. The van der Waals surface area contributed by atoms with Gasteiger partial charge in [-0.1, -0.05) is 67.3 Å². The van der Waals surface area contributed by atoms with Crippen LogP contribution in [0.5, 0.6) is 0 Å². The molecule has 49 heavy (non-hydrogen) atoms. The predicted molar refractivity (Wildman–Crippen MR) is 190 cm³/mol. The van der Waals surface area contributed by atoms with Crippen molar-refractivity contribution < 1.29 is 32.9 Å². The first-order chi connectivity index (χ1) is 23.5. The first-order valence-electron chi connectivity index (χ1n) is 17.2. The SMILES string of the molecule is CCc1oc(-c2ccc(C)cc2)nc1COCCl.CCc1oc(-c2ccc(C)cc2)nc1COC[C@H]1CCC[C@@H](COC(C)(C)C(=O)O)C1. The van der Waals surface area contributed by atoms with Gasteiger partial charge in [0.15, 0.2) is 5.60 Å². The van der Waals surface area contributed by atoms with E-state index in [9.17, 15) is 9.90 Å². The second-order valence-corrected chi connectivity index (χ2v) is 13.4. The van der Waals surface area contributed by atoms with Crippen molar-refractivity contribution in [1.82, 2.24) is 9.97 Å². The molecular weight excluding hydrogens is 644 g/mol. The maximum atomic E-state index is 11.2. The number of nitrogens with zero attached hydrogens (tertiary/aromatic N) is 2. The Morgan fingerprint density at radius 3 is 1.73 bits per heavy atom. The van der Waals surface area contributed by atoms with E-state index in [4.69, 9.17) is 34.6 Å². The van der Waals surface area contributed by atoms with Gasteiger partial charge in [-0.25, -0.2) is 14.8 Å². The molecule has 266 valence electrons. The lowest BCUT2D eigenvalue weighted by atomic mass is 9.82. The zero-order valence-electron chi connectivity index (χ0n) is 29.7. The molecule has 0 aliphatic heterocycles. The minimum Gasteiger partial charge on any atom is -0.479 e. The van der Waals surface area contributed by atoms with Gasteiger partial charge in [0.05, 0.1) is 19.8 Å². The monoisotopic (exact) mass is 694 g/mol. The first-order valence-corrected chi connectivity index (χ1v) is 17.8. The van der Waals surface area contributed by atoms with E-state index in [1.807, 2.05) is 43.3 Å². The summed E-state index contributed by atoms with van der Waals surface area (Å²) in [6, 6.07) is 16.4. The quantitative estimate of drug-likeness (QED) is 0.121. The molecule has 5 rings (SSSR count). The zero-order chi connectivity index (χ0) is 35.4. The lowest BCUT2D eigenvalue weighted by Crippen LogP contribution is -2.37. The molecule has 0 unspecified atom stereocenters. The van der Waals surface area contributed by atoms with Crippen molar-refractivity contribution in [3.63, 3.8) is 0 Å². The van der Waals surface area contributed by atoms with Crippen molar-refractivity contribution in [2.24, 2.45) is 11.8 Å². The highest BCUT2D eigenvalue weighted by atomic mass is 35.5. The van der Waals surface area contributed by atoms with E-state index in [-0.39, 0.29) is 6.07 Å². The van der Waals surface area contributed by atoms with Crippen molar-refractivity contribution in [3.05, 3.63) is 82.6 Å². The van der Waals surface area contributed by atoms with Crippen molar-refractivity contribution in [3.8, 4) is 22.9 Å². The highest BCUT2D eigenvalue weighted by Crippen LogP contribution is 2.31. The summed E-state index contributed by atoms with van der Waals surface area (Å²) in [6.45, 7) is 13.4. The van der Waals surface area contributed by atoms with Gasteiger partial charge in [-0.05, 0) is 83.1 Å². The van der Waals surface area contributed by atoms with Crippen LogP contribution in [0.25, 0.3) is 22.9 Å². The summed E-state index contributed by atoms with van der Waals surface area (Å²) in [6.07, 6.45) is 5.91. The average molecular weight is 695 g/mol. The predicted octanol–water partition coefficient (Wildman–Crippen LogP) is 9.34. The molecule has 2 aromatic carbocycles. The second-order valence-electron chi connectivity index (χ2n) is 13.2. The molecule has 1 saturated carbocycles. The smallest absolute Gasteiger partial charge is 0.335 e. The Morgan fingerprint density at radius 1 is 0.816 bits per heavy atom. The molecule has 2 heterocycles. The summed E-state index contributed by atoms with van der Waals surface area (Å²) in [5.74, 6) is 2.94. The standard InChI is InChI=1S/C25H35NO5.C14H16ClNO2/c1-5-22-21(26-23(31-22)20-11-9-17(2)10-12-20)16-29-14-18-7-6-8-19(13-18)15-30-25(3,4)24(27)28;1-3-13-12(8-17-9-15)16-14(18-13)11-6-4-10(2)5-7-11/h9-12,18-19H,5-8,13-16H2,1-4H3,(H,27,28);4-7H,3,8-9H2,1-2H3/t18-,19+;/m0./s1. The first kappa shape index (κ1) is 38.3. The fraction of sp³-hybridized carbons (Fsp3) is 0.513. The van der Waals surface area contributed by atoms with Crippen LogP contribution in [0.1, 0.15) is 87.4 Å². The van der Waals surface area contributed by atoms with Gasteiger partial charge in [-0.2, -0.15) is 0 Å². The number of carbonyl (C=O) groups is 1. The third-order valence-electron chi connectivity index (χ3n) is 8.79. The van der Waals surface area contributed by atoms with Crippen LogP contribution in [0.15, 0.2) is 57.4 Å².